The first-order chi connectivity index (χ1) is 15.3. The Bertz CT molecular complexity index is 1250. The number of hydrogen-bond acceptors (Lipinski definition) is 4. The Hall–Kier alpha value is -1.35. The number of amides is 1. The number of carbonyl (C=O) groups is 1. The number of thiocarbonyl (C=S) groups is 1. The van der Waals surface area contributed by atoms with Crippen molar-refractivity contribution in [1.29, 1.82) is 0 Å². The van der Waals surface area contributed by atoms with Gasteiger partial charge in [-0.25, -0.2) is 0 Å². The summed E-state index contributed by atoms with van der Waals surface area (Å²) in [7, 11) is 0. The first-order valence-electron chi connectivity index (χ1n) is 9.21. The molecule has 3 aromatic carbocycles. The Balaban J connectivity index is 1.60. The summed E-state index contributed by atoms with van der Waals surface area (Å²) in [6, 6.07) is 18.4. The summed E-state index contributed by atoms with van der Waals surface area (Å²) in [5.74, 6) is 0.446. The molecule has 1 amide bonds. The predicted octanol–water partition coefficient (Wildman–Crippen LogP) is 8.50. The number of benzene rings is 3. The van der Waals surface area contributed by atoms with Crippen LogP contribution in [0.3, 0.4) is 0 Å². The second kappa shape index (κ2) is 10.3. The Morgan fingerprint density at radius 3 is 2.50 bits per heavy atom. The maximum absolute atomic E-state index is 13.2. The van der Waals surface area contributed by atoms with E-state index < -0.39 is 0 Å². The van der Waals surface area contributed by atoms with Crippen LogP contribution in [-0.2, 0) is 11.4 Å². The Kier molecular flexibility index (Phi) is 7.65. The lowest BCUT2D eigenvalue weighted by molar-refractivity contribution is -0.113. The highest BCUT2D eigenvalue weighted by atomic mass is 79.9. The monoisotopic (exact) mass is 627 g/mol. The molecule has 0 saturated carbocycles. The van der Waals surface area contributed by atoms with Crippen LogP contribution in [0.15, 0.2) is 74.5 Å². The van der Waals surface area contributed by atoms with Gasteiger partial charge in [0.25, 0.3) is 5.91 Å². The van der Waals surface area contributed by atoms with Crippen LogP contribution in [0.2, 0.25) is 10.0 Å². The Labute approximate surface area is 222 Å². The number of halogens is 4. The van der Waals surface area contributed by atoms with Crippen LogP contribution in [0.25, 0.3) is 6.08 Å². The molecule has 3 nitrogen and oxygen atoms in total. The van der Waals surface area contributed by atoms with Gasteiger partial charge >= 0.3 is 0 Å². The van der Waals surface area contributed by atoms with Gasteiger partial charge in [-0.1, -0.05) is 75.2 Å². The molecule has 4 rings (SSSR count). The van der Waals surface area contributed by atoms with Crippen molar-refractivity contribution in [2.24, 2.45) is 0 Å². The van der Waals surface area contributed by atoms with E-state index in [1.54, 1.807) is 24.3 Å². The predicted molar refractivity (Wildman–Crippen MR) is 145 cm³/mol. The van der Waals surface area contributed by atoms with Gasteiger partial charge in [-0.2, -0.15) is 0 Å². The number of anilines is 1. The zero-order valence-electron chi connectivity index (χ0n) is 16.2. The maximum Gasteiger partial charge on any atom is 0.270 e. The van der Waals surface area contributed by atoms with E-state index in [9.17, 15) is 4.79 Å². The molecular formula is C23H13Br2Cl2NO2S2. The van der Waals surface area contributed by atoms with Crippen molar-refractivity contribution in [2.45, 2.75) is 6.61 Å². The molecule has 0 atom stereocenters. The van der Waals surface area contributed by atoms with E-state index in [4.69, 9.17) is 40.2 Å². The molecule has 1 aliphatic heterocycles. The van der Waals surface area contributed by atoms with E-state index in [0.717, 1.165) is 20.1 Å². The summed E-state index contributed by atoms with van der Waals surface area (Å²) < 4.78 is 8.10. The number of carbonyl (C=O) groups excluding carboxylic acids is 1. The molecule has 1 saturated heterocycles. The number of rotatable bonds is 5. The van der Waals surface area contributed by atoms with E-state index in [1.165, 1.54) is 16.7 Å². The van der Waals surface area contributed by atoms with Gasteiger partial charge in [0.1, 0.15) is 12.4 Å². The third-order valence-electron chi connectivity index (χ3n) is 4.52. The minimum absolute atomic E-state index is 0.206. The quantitative estimate of drug-likeness (QED) is 0.209. The molecule has 0 aromatic heterocycles. The highest BCUT2D eigenvalue weighted by Gasteiger charge is 2.33. The Morgan fingerprint density at radius 1 is 1.03 bits per heavy atom. The van der Waals surface area contributed by atoms with Crippen LogP contribution in [0.5, 0.6) is 5.75 Å². The van der Waals surface area contributed by atoms with Crippen LogP contribution in [0, 0.1) is 0 Å². The van der Waals surface area contributed by atoms with Crippen molar-refractivity contribution in [2.75, 3.05) is 4.90 Å². The first-order valence-corrected chi connectivity index (χ1v) is 12.8. The van der Waals surface area contributed by atoms with Crippen molar-refractivity contribution < 1.29 is 9.53 Å². The molecule has 162 valence electrons. The molecular weight excluding hydrogens is 617 g/mol. The van der Waals surface area contributed by atoms with E-state index >= 15 is 0 Å². The van der Waals surface area contributed by atoms with Crippen LogP contribution in [0.4, 0.5) is 5.69 Å². The van der Waals surface area contributed by atoms with Gasteiger partial charge < -0.3 is 4.74 Å². The first kappa shape index (κ1) is 23.8. The molecule has 1 fully saturated rings. The molecule has 1 aliphatic rings. The van der Waals surface area contributed by atoms with Crippen LogP contribution in [-0.4, -0.2) is 10.2 Å². The van der Waals surface area contributed by atoms with E-state index in [-0.39, 0.29) is 5.91 Å². The van der Waals surface area contributed by atoms with Crippen LogP contribution >= 0.6 is 79.0 Å². The molecule has 0 spiro atoms. The van der Waals surface area contributed by atoms with Gasteiger partial charge in [-0.15, -0.1) is 0 Å². The summed E-state index contributed by atoms with van der Waals surface area (Å²) in [4.78, 5) is 15.1. The van der Waals surface area contributed by atoms with Crippen molar-refractivity contribution in [3.05, 3.63) is 95.7 Å². The van der Waals surface area contributed by atoms with Crippen molar-refractivity contribution >= 4 is 101 Å². The third kappa shape index (κ3) is 5.41. The van der Waals surface area contributed by atoms with Gasteiger partial charge in [-0.3, -0.25) is 9.69 Å². The fourth-order valence-corrected chi connectivity index (χ4v) is 5.18. The molecule has 0 N–H and O–H groups in total. The largest absolute Gasteiger partial charge is 0.488 e. The summed E-state index contributed by atoms with van der Waals surface area (Å²) >= 11 is 25.7. The average Bonchev–Trinajstić information content (AvgIpc) is 3.03. The SMILES string of the molecule is O=C1/C(=C\c2cc(Br)ccc2OCc2ccc(Cl)cc2)SC(=S)N1c1ccc(Br)c(Cl)c1. The van der Waals surface area contributed by atoms with Crippen LogP contribution in [0.1, 0.15) is 11.1 Å². The molecule has 0 aliphatic carbocycles. The summed E-state index contributed by atoms with van der Waals surface area (Å²) in [6.07, 6.45) is 1.79. The van der Waals surface area contributed by atoms with Gasteiger partial charge in [0.2, 0.25) is 0 Å². The number of ether oxygens (including phenoxy) is 1. The molecule has 0 radical (unpaired) electrons. The van der Waals surface area contributed by atoms with E-state index in [1.807, 2.05) is 42.5 Å². The zero-order valence-corrected chi connectivity index (χ0v) is 22.5. The maximum atomic E-state index is 13.2. The minimum atomic E-state index is -0.206. The zero-order chi connectivity index (χ0) is 22.8. The van der Waals surface area contributed by atoms with E-state index in [0.29, 0.717) is 37.3 Å². The van der Waals surface area contributed by atoms with Crippen molar-refractivity contribution in [1.82, 2.24) is 0 Å². The second-order valence-corrected chi connectivity index (χ2v) is 11.0. The van der Waals surface area contributed by atoms with Crippen molar-refractivity contribution in [3.63, 3.8) is 0 Å². The number of hydrogen-bond donors (Lipinski definition) is 0. The number of nitrogens with zero attached hydrogens (tertiary/aromatic N) is 1. The van der Waals surface area contributed by atoms with Crippen LogP contribution < -0.4 is 9.64 Å². The lowest BCUT2D eigenvalue weighted by Crippen LogP contribution is -2.27. The summed E-state index contributed by atoms with van der Waals surface area (Å²) in [6.45, 7) is 0.373. The van der Waals surface area contributed by atoms with Gasteiger partial charge in [0.05, 0.1) is 15.6 Å². The summed E-state index contributed by atoms with van der Waals surface area (Å²) in [5, 5.41) is 1.18. The van der Waals surface area contributed by atoms with Gasteiger partial charge in [0.15, 0.2) is 4.32 Å². The normalized spacial score (nSPS) is 15.0. The Morgan fingerprint density at radius 2 is 1.78 bits per heavy atom. The average molecular weight is 630 g/mol. The van der Waals surface area contributed by atoms with Crippen molar-refractivity contribution in [3.8, 4) is 5.75 Å². The van der Waals surface area contributed by atoms with Gasteiger partial charge in [-0.05, 0) is 76.1 Å². The van der Waals surface area contributed by atoms with Gasteiger partial charge in [0, 0.05) is 19.5 Å². The lowest BCUT2D eigenvalue weighted by Gasteiger charge is -2.15. The molecule has 0 unspecified atom stereocenters. The molecule has 1 heterocycles. The topological polar surface area (TPSA) is 29.5 Å². The smallest absolute Gasteiger partial charge is 0.270 e. The fraction of sp³-hybridized carbons (Fsp3) is 0.0435. The number of thioether (sulfide) groups is 1. The molecule has 9 heteroatoms. The lowest BCUT2D eigenvalue weighted by atomic mass is 10.1. The highest BCUT2D eigenvalue weighted by Crippen LogP contribution is 2.39. The fourth-order valence-electron chi connectivity index (χ4n) is 2.96. The summed E-state index contributed by atoms with van der Waals surface area (Å²) in [5.41, 5.74) is 2.38. The molecule has 32 heavy (non-hydrogen) atoms. The standard InChI is InChI=1S/C23H13Br2Cl2NO2S2/c24-15-3-8-20(30-12-13-1-4-16(26)5-2-13)14(9-15)10-21-22(29)28(23(31)32-21)17-6-7-18(25)19(27)11-17/h1-11H,12H2/b21-10+. The molecule has 3 aromatic rings. The minimum Gasteiger partial charge on any atom is -0.488 e. The second-order valence-electron chi connectivity index (χ2n) is 6.71. The highest BCUT2D eigenvalue weighted by molar-refractivity contribution is 9.10. The van der Waals surface area contributed by atoms with E-state index in [2.05, 4.69) is 31.9 Å². The third-order valence-corrected chi connectivity index (χ3v) is 7.80. The molecule has 0 bridgehead atoms.